The Morgan fingerprint density at radius 1 is 1.07 bits per heavy atom. The van der Waals surface area contributed by atoms with E-state index >= 15 is 0 Å². The van der Waals surface area contributed by atoms with E-state index in [0.29, 0.717) is 6.61 Å². The van der Waals surface area contributed by atoms with E-state index < -0.39 is 30.4 Å². The first-order valence-electron chi connectivity index (χ1n) is 10.6. The van der Waals surface area contributed by atoms with Crippen LogP contribution in [-0.2, 0) is 35.0 Å². The maximum atomic E-state index is 11.6. The lowest BCUT2D eigenvalue weighted by Gasteiger charge is -2.43. The van der Waals surface area contributed by atoms with Gasteiger partial charge in [0.05, 0.1) is 13.2 Å². The Kier molecular flexibility index (Phi) is 9.59. The van der Waals surface area contributed by atoms with Crippen molar-refractivity contribution in [2.45, 2.75) is 78.0 Å². The average molecular weight is 423 g/mol. The number of unbranched alkanes of at least 4 members (excludes halogenated alkanes) is 1. The van der Waals surface area contributed by atoms with Gasteiger partial charge in [-0.3, -0.25) is 9.59 Å². The van der Waals surface area contributed by atoms with E-state index in [9.17, 15) is 9.59 Å². The van der Waals surface area contributed by atoms with Gasteiger partial charge in [-0.15, -0.1) is 0 Å². The second-order valence-electron chi connectivity index (χ2n) is 7.64. The van der Waals surface area contributed by atoms with Gasteiger partial charge in [0, 0.05) is 26.4 Å². The molecule has 7 nitrogen and oxygen atoms in total. The van der Waals surface area contributed by atoms with Crippen molar-refractivity contribution in [1.29, 1.82) is 0 Å². The van der Waals surface area contributed by atoms with Crippen LogP contribution >= 0.6 is 0 Å². The normalized spacial score (nSPS) is 26.1. The molecule has 168 valence electrons. The molecule has 0 spiro atoms. The van der Waals surface area contributed by atoms with Gasteiger partial charge in [-0.2, -0.15) is 0 Å². The fourth-order valence-corrected chi connectivity index (χ4v) is 3.78. The van der Waals surface area contributed by atoms with Crippen molar-refractivity contribution in [2.75, 3.05) is 13.7 Å². The van der Waals surface area contributed by atoms with E-state index in [0.717, 1.165) is 31.4 Å². The summed E-state index contributed by atoms with van der Waals surface area (Å²) in [5.41, 5.74) is 1.20. The number of hydrogen-bond donors (Lipinski definition) is 0. The quantitative estimate of drug-likeness (QED) is 0.420. The van der Waals surface area contributed by atoms with Gasteiger partial charge in [-0.25, -0.2) is 0 Å². The number of esters is 2. The molecule has 1 saturated heterocycles. The van der Waals surface area contributed by atoms with Crippen LogP contribution in [0.2, 0.25) is 0 Å². The number of ether oxygens (including phenoxy) is 5. The molecule has 0 aliphatic carbocycles. The molecule has 30 heavy (non-hydrogen) atoms. The van der Waals surface area contributed by atoms with Gasteiger partial charge in [0.25, 0.3) is 0 Å². The fraction of sp³-hybridized carbons (Fsp3) is 0.652. The van der Waals surface area contributed by atoms with Crippen LogP contribution in [0.1, 0.15) is 52.5 Å². The molecule has 1 aromatic carbocycles. The highest BCUT2D eigenvalue weighted by atomic mass is 16.7. The number of rotatable bonds is 10. The SMILES string of the molecule is CC[C@H]1O[C@@H](OCCCCc2cccc(OC)c2)[C@H](OC(C)=O)[C@@H](OC(C)=O)[C@@H]1C. The molecular formula is C23H34O7. The number of carbonyl (C=O) groups excluding carboxylic acids is 2. The van der Waals surface area contributed by atoms with Crippen molar-refractivity contribution in [3.05, 3.63) is 29.8 Å². The van der Waals surface area contributed by atoms with Crippen LogP contribution < -0.4 is 4.74 Å². The Morgan fingerprint density at radius 2 is 1.77 bits per heavy atom. The minimum absolute atomic E-state index is 0.115. The monoisotopic (exact) mass is 422 g/mol. The molecule has 1 fully saturated rings. The number of benzene rings is 1. The topological polar surface area (TPSA) is 80.3 Å². The molecule has 0 N–H and O–H groups in total. The van der Waals surface area contributed by atoms with E-state index in [1.807, 2.05) is 32.0 Å². The summed E-state index contributed by atoms with van der Waals surface area (Å²) in [6.45, 7) is 7.06. The smallest absolute Gasteiger partial charge is 0.303 e. The molecule has 0 unspecified atom stereocenters. The summed E-state index contributed by atoms with van der Waals surface area (Å²) in [6.07, 6.45) is 1.08. The highest BCUT2D eigenvalue weighted by Gasteiger charge is 2.47. The molecule has 5 atom stereocenters. The first-order valence-corrected chi connectivity index (χ1v) is 10.6. The third-order valence-corrected chi connectivity index (χ3v) is 5.29. The summed E-state index contributed by atoms with van der Waals surface area (Å²) < 4.78 is 28.2. The van der Waals surface area contributed by atoms with Crippen LogP contribution in [0, 0.1) is 5.92 Å². The molecule has 1 aliphatic rings. The highest BCUT2D eigenvalue weighted by molar-refractivity contribution is 5.67. The molecule has 2 rings (SSSR count). The first-order chi connectivity index (χ1) is 14.3. The molecule has 0 saturated carbocycles. The maximum Gasteiger partial charge on any atom is 0.303 e. The number of methoxy groups -OCH3 is 1. The summed E-state index contributed by atoms with van der Waals surface area (Å²) >= 11 is 0. The van der Waals surface area contributed by atoms with E-state index in [1.54, 1.807) is 7.11 Å². The van der Waals surface area contributed by atoms with Gasteiger partial charge in [0.1, 0.15) is 11.9 Å². The van der Waals surface area contributed by atoms with E-state index in [1.165, 1.54) is 19.4 Å². The Balaban J connectivity index is 1.94. The third kappa shape index (κ3) is 6.99. The fourth-order valence-electron chi connectivity index (χ4n) is 3.78. The molecule has 0 amide bonds. The molecule has 1 heterocycles. The molecule has 1 aliphatic heterocycles. The van der Waals surface area contributed by atoms with E-state index in [-0.39, 0.29) is 12.0 Å². The van der Waals surface area contributed by atoms with Gasteiger partial charge in [0.2, 0.25) is 0 Å². The first kappa shape index (κ1) is 24.2. The van der Waals surface area contributed by atoms with E-state index in [4.69, 9.17) is 23.7 Å². The van der Waals surface area contributed by atoms with Crippen molar-refractivity contribution in [3.63, 3.8) is 0 Å². The Hall–Kier alpha value is -2.12. The van der Waals surface area contributed by atoms with E-state index in [2.05, 4.69) is 6.07 Å². The van der Waals surface area contributed by atoms with Gasteiger partial charge >= 0.3 is 11.9 Å². The zero-order chi connectivity index (χ0) is 22.1. The molecule has 0 bridgehead atoms. The van der Waals surface area contributed by atoms with Crippen LogP contribution in [0.5, 0.6) is 5.75 Å². The number of carbonyl (C=O) groups is 2. The maximum absolute atomic E-state index is 11.6. The summed E-state index contributed by atoms with van der Waals surface area (Å²) in [5.74, 6) is -0.150. The Labute approximate surface area is 179 Å². The summed E-state index contributed by atoms with van der Waals surface area (Å²) in [6, 6.07) is 8.00. The largest absolute Gasteiger partial charge is 0.497 e. The Morgan fingerprint density at radius 3 is 2.40 bits per heavy atom. The van der Waals surface area contributed by atoms with Crippen molar-refractivity contribution < 1.29 is 33.3 Å². The number of aryl methyl sites for hydroxylation is 1. The summed E-state index contributed by atoms with van der Waals surface area (Å²) in [7, 11) is 1.66. The van der Waals surface area contributed by atoms with Crippen molar-refractivity contribution in [1.82, 2.24) is 0 Å². The van der Waals surface area contributed by atoms with Crippen LogP contribution in [0.3, 0.4) is 0 Å². The predicted octanol–water partition coefficient (Wildman–Crippen LogP) is 3.67. The molecule has 7 heteroatoms. The minimum atomic E-state index is -0.789. The standard InChI is InChI=1S/C23H34O7/c1-6-20-15(2)21(28-16(3)24)22(29-17(4)25)23(30-20)27-13-8-7-10-18-11-9-12-19(14-18)26-5/h9,11-12,14-15,20-23H,6-8,10,13H2,1-5H3/t15-,20-,21+,22-,23-/m1/s1. The average Bonchev–Trinajstić information content (AvgIpc) is 2.71. The molecule has 0 radical (unpaired) electrons. The highest BCUT2D eigenvalue weighted by Crippen LogP contribution is 2.32. The summed E-state index contributed by atoms with van der Waals surface area (Å²) in [5, 5.41) is 0. The lowest BCUT2D eigenvalue weighted by molar-refractivity contribution is -0.290. The van der Waals surface area contributed by atoms with Crippen molar-refractivity contribution in [2.24, 2.45) is 5.92 Å². The zero-order valence-corrected chi connectivity index (χ0v) is 18.6. The zero-order valence-electron chi connectivity index (χ0n) is 18.6. The van der Waals surface area contributed by atoms with Crippen molar-refractivity contribution >= 4 is 11.9 Å². The van der Waals surface area contributed by atoms with Crippen LogP contribution in [0.4, 0.5) is 0 Å². The summed E-state index contributed by atoms with van der Waals surface area (Å²) in [4.78, 5) is 23.3. The minimum Gasteiger partial charge on any atom is -0.497 e. The van der Waals surface area contributed by atoms with Gasteiger partial charge in [-0.05, 0) is 43.4 Å². The van der Waals surface area contributed by atoms with Crippen molar-refractivity contribution in [3.8, 4) is 5.75 Å². The van der Waals surface area contributed by atoms with Gasteiger partial charge in [-0.1, -0.05) is 26.0 Å². The lowest BCUT2D eigenvalue weighted by Crippen LogP contribution is -2.57. The predicted molar refractivity (Wildman–Crippen MR) is 111 cm³/mol. The molecule has 0 aromatic heterocycles. The number of hydrogen-bond acceptors (Lipinski definition) is 7. The Bertz CT molecular complexity index is 690. The van der Waals surface area contributed by atoms with Crippen LogP contribution in [-0.4, -0.2) is 50.3 Å². The molecular weight excluding hydrogens is 388 g/mol. The van der Waals surface area contributed by atoms with Crippen LogP contribution in [0.15, 0.2) is 24.3 Å². The molecule has 1 aromatic rings. The van der Waals surface area contributed by atoms with Crippen LogP contribution in [0.25, 0.3) is 0 Å². The lowest BCUT2D eigenvalue weighted by atomic mass is 9.89. The van der Waals surface area contributed by atoms with Gasteiger partial charge < -0.3 is 23.7 Å². The second-order valence-corrected chi connectivity index (χ2v) is 7.64. The third-order valence-electron chi connectivity index (χ3n) is 5.29. The second kappa shape index (κ2) is 11.9. The van der Waals surface area contributed by atoms with Gasteiger partial charge in [0.15, 0.2) is 12.4 Å².